The minimum atomic E-state index is -0.189. The molecule has 0 radical (unpaired) electrons. The molecule has 0 atom stereocenters. The third-order valence-corrected chi connectivity index (χ3v) is 4.83. The van der Waals surface area contributed by atoms with Gasteiger partial charge in [0.25, 0.3) is 11.8 Å². The van der Waals surface area contributed by atoms with Gasteiger partial charge in [0.2, 0.25) is 0 Å². The van der Waals surface area contributed by atoms with E-state index in [1.807, 2.05) is 11.8 Å². The fourth-order valence-corrected chi connectivity index (χ4v) is 3.87. The van der Waals surface area contributed by atoms with Crippen LogP contribution in [0.3, 0.4) is 0 Å². The summed E-state index contributed by atoms with van der Waals surface area (Å²) in [6, 6.07) is 4.93. The number of amides is 2. The number of hydrogen-bond donors (Lipinski definition) is 1. The predicted octanol–water partition coefficient (Wildman–Crippen LogP) is 2.01. The molecule has 3 rings (SSSR count). The third kappa shape index (κ3) is 2.23. The molecule has 100 valence electrons. The van der Waals surface area contributed by atoms with Crippen LogP contribution < -0.4 is 5.73 Å². The van der Waals surface area contributed by atoms with E-state index >= 15 is 0 Å². The maximum atomic E-state index is 12.3. The number of rotatable bonds is 2. The van der Waals surface area contributed by atoms with E-state index < -0.39 is 0 Å². The van der Waals surface area contributed by atoms with Gasteiger partial charge in [-0.2, -0.15) is 11.8 Å². The summed E-state index contributed by atoms with van der Waals surface area (Å²) in [5.74, 6) is 2.34. The van der Waals surface area contributed by atoms with E-state index in [0.29, 0.717) is 29.3 Å². The zero-order valence-corrected chi connectivity index (χ0v) is 11.4. The van der Waals surface area contributed by atoms with E-state index in [4.69, 9.17) is 5.73 Å². The van der Waals surface area contributed by atoms with Crippen molar-refractivity contribution < 1.29 is 9.59 Å². The molecule has 2 aliphatic rings. The number of nitrogen functional groups attached to an aromatic ring is 1. The molecule has 19 heavy (non-hydrogen) atoms. The molecule has 4 nitrogen and oxygen atoms in total. The normalized spacial score (nSPS) is 19.9. The van der Waals surface area contributed by atoms with Crippen LogP contribution in [0.4, 0.5) is 5.69 Å². The monoisotopic (exact) mass is 276 g/mol. The number of carbonyl (C=O) groups excluding carboxylic acids is 2. The van der Waals surface area contributed by atoms with Crippen LogP contribution >= 0.6 is 11.8 Å². The fourth-order valence-electron chi connectivity index (χ4n) is 2.66. The second kappa shape index (κ2) is 4.89. The average molecular weight is 276 g/mol. The highest BCUT2D eigenvalue weighted by molar-refractivity contribution is 7.99. The molecular formula is C14H16N2O2S. The smallest absolute Gasteiger partial charge is 0.261 e. The summed E-state index contributed by atoms with van der Waals surface area (Å²) in [5.41, 5.74) is 7.15. The van der Waals surface area contributed by atoms with Crippen molar-refractivity contribution in [3.05, 3.63) is 29.3 Å². The number of anilines is 1. The third-order valence-electron chi connectivity index (χ3n) is 3.78. The summed E-state index contributed by atoms with van der Waals surface area (Å²) >= 11 is 1.94. The topological polar surface area (TPSA) is 63.4 Å². The molecule has 1 aromatic rings. The highest BCUT2D eigenvalue weighted by atomic mass is 32.2. The van der Waals surface area contributed by atoms with Gasteiger partial charge in [-0.25, -0.2) is 0 Å². The first-order valence-corrected chi connectivity index (χ1v) is 7.66. The van der Waals surface area contributed by atoms with Crippen molar-refractivity contribution in [2.45, 2.75) is 12.8 Å². The Bertz CT molecular complexity index is 538. The lowest BCUT2D eigenvalue weighted by Crippen LogP contribution is -2.35. The molecule has 1 fully saturated rings. The number of hydrogen-bond acceptors (Lipinski definition) is 4. The van der Waals surface area contributed by atoms with Crippen LogP contribution in [0, 0.1) is 5.92 Å². The van der Waals surface area contributed by atoms with Crippen molar-refractivity contribution in [1.29, 1.82) is 0 Å². The minimum Gasteiger partial charge on any atom is -0.399 e. The number of nitrogens with two attached hydrogens (primary N) is 1. The molecule has 0 aromatic heterocycles. The lowest BCUT2D eigenvalue weighted by molar-refractivity contribution is 0.0626. The van der Waals surface area contributed by atoms with Crippen molar-refractivity contribution in [2.75, 3.05) is 23.8 Å². The van der Waals surface area contributed by atoms with Crippen molar-refractivity contribution in [1.82, 2.24) is 4.90 Å². The van der Waals surface area contributed by atoms with Gasteiger partial charge in [0.05, 0.1) is 11.1 Å². The van der Waals surface area contributed by atoms with E-state index in [2.05, 4.69) is 0 Å². The zero-order valence-electron chi connectivity index (χ0n) is 10.6. The van der Waals surface area contributed by atoms with Crippen LogP contribution in [0.2, 0.25) is 0 Å². The Kier molecular flexibility index (Phi) is 3.22. The highest BCUT2D eigenvalue weighted by Gasteiger charge is 2.36. The Morgan fingerprint density at radius 1 is 1.16 bits per heavy atom. The Labute approximate surface area is 116 Å². The SMILES string of the molecule is Nc1ccc2c(c1)C(=O)N(CC1CCSCC1)C2=O. The number of thioether (sulfide) groups is 1. The Morgan fingerprint density at radius 2 is 1.84 bits per heavy atom. The maximum absolute atomic E-state index is 12.3. The highest BCUT2D eigenvalue weighted by Crippen LogP contribution is 2.29. The molecule has 2 amide bonds. The van der Waals surface area contributed by atoms with Crippen LogP contribution in [0.25, 0.3) is 0 Å². The lowest BCUT2D eigenvalue weighted by Gasteiger charge is -2.25. The Hall–Kier alpha value is -1.49. The van der Waals surface area contributed by atoms with Gasteiger partial charge in [0.15, 0.2) is 0 Å². The molecule has 0 saturated carbocycles. The molecule has 2 heterocycles. The summed E-state index contributed by atoms with van der Waals surface area (Å²) in [4.78, 5) is 25.9. The van der Waals surface area contributed by atoms with Gasteiger partial charge in [-0.05, 0) is 48.5 Å². The van der Waals surface area contributed by atoms with Crippen molar-refractivity contribution in [3.8, 4) is 0 Å². The fraction of sp³-hybridized carbons (Fsp3) is 0.429. The molecule has 0 unspecified atom stereocenters. The number of carbonyl (C=O) groups is 2. The second-order valence-corrected chi connectivity index (χ2v) is 6.31. The van der Waals surface area contributed by atoms with E-state index in [0.717, 1.165) is 24.3 Å². The molecule has 0 spiro atoms. The number of benzene rings is 1. The minimum absolute atomic E-state index is 0.168. The Balaban J connectivity index is 1.81. The lowest BCUT2D eigenvalue weighted by atomic mass is 10.0. The summed E-state index contributed by atoms with van der Waals surface area (Å²) in [7, 11) is 0. The van der Waals surface area contributed by atoms with Crippen LogP contribution in [0.15, 0.2) is 18.2 Å². The first-order chi connectivity index (χ1) is 9.16. The molecule has 1 aromatic carbocycles. The second-order valence-electron chi connectivity index (χ2n) is 5.08. The van der Waals surface area contributed by atoms with Crippen LogP contribution in [0.1, 0.15) is 33.6 Å². The molecule has 2 N–H and O–H groups in total. The van der Waals surface area contributed by atoms with E-state index in [1.165, 1.54) is 4.90 Å². The van der Waals surface area contributed by atoms with Gasteiger partial charge in [0.1, 0.15) is 0 Å². The van der Waals surface area contributed by atoms with Gasteiger partial charge in [-0.3, -0.25) is 14.5 Å². The summed E-state index contributed by atoms with van der Waals surface area (Å²) in [5, 5.41) is 0. The quantitative estimate of drug-likeness (QED) is 0.663. The standard InChI is InChI=1S/C14H16N2O2S/c15-10-1-2-11-12(7-10)14(18)16(13(11)17)8-9-3-5-19-6-4-9/h1-2,7,9H,3-6,8,15H2. The molecular weight excluding hydrogens is 260 g/mol. The molecule has 1 saturated heterocycles. The van der Waals surface area contributed by atoms with Crippen molar-refractivity contribution >= 4 is 29.3 Å². The first-order valence-electron chi connectivity index (χ1n) is 6.50. The number of imide groups is 1. The predicted molar refractivity (Wildman–Crippen MR) is 76.3 cm³/mol. The van der Waals surface area contributed by atoms with E-state index in [-0.39, 0.29) is 11.8 Å². The van der Waals surface area contributed by atoms with Crippen LogP contribution in [-0.2, 0) is 0 Å². The summed E-state index contributed by atoms with van der Waals surface area (Å²) < 4.78 is 0. The average Bonchev–Trinajstić information content (AvgIpc) is 2.65. The van der Waals surface area contributed by atoms with E-state index in [1.54, 1.807) is 18.2 Å². The number of fused-ring (bicyclic) bond motifs is 1. The molecule has 0 bridgehead atoms. The van der Waals surface area contributed by atoms with Gasteiger partial charge in [-0.1, -0.05) is 0 Å². The van der Waals surface area contributed by atoms with Crippen LogP contribution in [-0.4, -0.2) is 34.8 Å². The maximum Gasteiger partial charge on any atom is 0.261 e. The molecule has 5 heteroatoms. The summed E-state index contributed by atoms with van der Waals surface area (Å²) in [6.07, 6.45) is 2.17. The van der Waals surface area contributed by atoms with Crippen molar-refractivity contribution in [2.24, 2.45) is 5.92 Å². The number of nitrogens with zero attached hydrogens (tertiary/aromatic N) is 1. The zero-order chi connectivity index (χ0) is 13.4. The summed E-state index contributed by atoms with van der Waals surface area (Å²) in [6.45, 7) is 0.548. The Morgan fingerprint density at radius 3 is 2.58 bits per heavy atom. The van der Waals surface area contributed by atoms with Gasteiger partial charge >= 0.3 is 0 Å². The molecule has 0 aliphatic carbocycles. The largest absolute Gasteiger partial charge is 0.399 e. The van der Waals surface area contributed by atoms with Gasteiger partial charge in [-0.15, -0.1) is 0 Å². The van der Waals surface area contributed by atoms with E-state index in [9.17, 15) is 9.59 Å². The first kappa shape index (κ1) is 12.5. The van der Waals surface area contributed by atoms with Crippen molar-refractivity contribution in [3.63, 3.8) is 0 Å². The van der Waals surface area contributed by atoms with Gasteiger partial charge in [0, 0.05) is 12.2 Å². The van der Waals surface area contributed by atoms with Gasteiger partial charge < -0.3 is 5.73 Å². The molecule has 2 aliphatic heterocycles. The van der Waals surface area contributed by atoms with Crippen LogP contribution in [0.5, 0.6) is 0 Å².